The average molecular weight is 693 g/mol. The molecule has 2 bridgehead atoms. The van der Waals surface area contributed by atoms with E-state index in [0.717, 1.165) is 5.57 Å². The first kappa shape index (κ1) is 37.5. The molecule has 3 N–H and O–H groups in total. The van der Waals surface area contributed by atoms with Crippen molar-refractivity contribution >= 4 is 23.6 Å². The van der Waals surface area contributed by atoms with Gasteiger partial charge in [0.05, 0.1) is 30.0 Å². The molecule has 50 heavy (non-hydrogen) atoms. The minimum atomic E-state index is -1.30. The molecule has 10 heteroatoms. The van der Waals surface area contributed by atoms with Crippen molar-refractivity contribution in [1.29, 1.82) is 0 Å². The monoisotopic (exact) mass is 692 g/mol. The van der Waals surface area contributed by atoms with Crippen LogP contribution in [-0.4, -0.2) is 74.6 Å². The summed E-state index contributed by atoms with van der Waals surface area (Å²) < 4.78 is 25.0. The van der Waals surface area contributed by atoms with Crippen LogP contribution in [-0.2, 0) is 25.5 Å². The zero-order valence-electron chi connectivity index (χ0n) is 30.9. The van der Waals surface area contributed by atoms with Crippen molar-refractivity contribution in [2.24, 2.45) is 11.8 Å². The van der Waals surface area contributed by atoms with Crippen LogP contribution in [0.15, 0.2) is 41.0 Å². The second-order valence-corrected chi connectivity index (χ2v) is 16.0. The van der Waals surface area contributed by atoms with Gasteiger partial charge in [0.25, 0.3) is 0 Å². The minimum Gasteiger partial charge on any atom is -0.506 e. The molecule has 0 radical (unpaired) electrons. The lowest BCUT2D eigenvalue weighted by Gasteiger charge is -2.45. The smallest absolute Gasteiger partial charge is 0.333 e. The number of carbonyl (C=O) groups excluding carboxylic acids is 3. The van der Waals surface area contributed by atoms with Gasteiger partial charge in [-0.1, -0.05) is 23.8 Å². The van der Waals surface area contributed by atoms with E-state index in [1.807, 2.05) is 40.7 Å². The number of phenolic OH excluding ortho intramolecular Hbond substituents is 1. The van der Waals surface area contributed by atoms with Crippen LogP contribution < -0.4 is 9.47 Å². The second-order valence-electron chi connectivity index (χ2n) is 16.0. The molecule has 0 aromatic heterocycles. The standard InChI is InChI=1S/C40H52O10/c1-21(2)11-12-25-32-24(14-16-39(8,49-32)17-15-28(41)37(4,5)46)30(42)29-31(43)26-19-23-20-27(33(26)48-34(25)29)38(6,7)50-40(9,35(23)44)18-13-22(3)36(45)47-10/h11,13-14,16,19,23,27-28,33,41-42,46H,12,15,17-18,20H2,1-10H3/b22-13-/t23?,27-,28?,33?,39?,40?/m1/s1. The van der Waals surface area contributed by atoms with Crippen LogP contribution in [0.25, 0.3) is 6.08 Å². The maximum absolute atomic E-state index is 14.5. The van der Waals surface area contributed by atoms with Gasteiger partial charge < -0.3 is 34.3 Å². The first-order valence-electron chi connectivity index (χ1n) is 17.4. The number of aliphatic hydroxyl groups is 2. The summed E-state index contributed by atoms with van der Waals surface area (Å²) in [6.45, 7) is 16.1. The maximum Gasteiger partial charge on any atom is 0.333 e. The van der Waals surface area contributed by atoms with Gasteiger partial charge in [-0.3, -0.25) is 9.59 Å². The van der Waals surface area contributed by atoms with E-state index < -0.39 is 58.2 Å². The molecular formula is C40H52O10. The number of ether oxygens (including phenoxy) is 4. The van der Waals surface area contributed by atoms with Crippen molar-refractivity contribution in [3.63, 3.8) is 0 Å². The summed E-state index contributed by atoms with van der Waals surface area (Å²) in [5, 5.41) is 32.6. The van der Waals surface area contributed by atoms with Gasteiger partial charge in [-0.25, -0.2) is 4.79 Å². The number of hydrogen-bond donors (Lipinski definition) is 3. The number of allylic oxidation sites excluding steroid dienone is 3. The van der Waals surface area contributed by atoms with Crippen molar-refractivity contribution in [3.8, 4) is 17.2 Å². The Kier molecular flexibility index (Phi) is 9.84. The van der Waals surface area contributed by atoms with Gasteiger partial charge in [0.15, 0.2) is 11.6 Å². The summed E-state index contributed by atoms with van der Waals surface area (Å²) in [4.78, 5) is 40.8. The number of hydrogen-bond acceptors (Lipinski definition) is 10. The molecule has 5 unspecified atom stereocenters. The van der Waals surface area contributed by atoms with E-state index in [4.69, 9.17) is 18.9 Å². The molecule has 1 aliphatic carbocycles. The van der Waals surface area contributed by atoms with E-state index >= 15 is 0 Å². The Morgan fingerprint density at radius 2 is 1.80 bits per heavy atom. The highest BCUT2D eigenvalue weighted by Gasteiger charge is 2.57. The molecule has 10 nitrogen and oxygen atoms in total. The zero-order chi connectivity index (χ0) is 37.1. The highest BCUT2D eigenvalue weighted by molar-refractivity contribution is 6.16. The number of benzene rings is 1. The third-order valence-corrected chi connectivity index (χ3v) is 10.7. The number of methoxy groups -OCH3 is 1. The predicted octanol–water partition coefficient (Wildman–Crippen LogP) is 6.13. The third kappa shape index (κ3) is 6.82. The van der Waals surface area contributed by atoms with E-state index in [1.165, 1.54) is 7.11 Å². The van der Waals surface area contributed by atoms with Crippen LogP contribution in [0.4, 0.5) is 0 Å². The second kappa shape index (κ2) is 13.1. The molecule has 0 amide bonds. The molecule has 1 fully saturated rings. The molecule has 0 saturated carbocycles. The molecule has 6 atom stereocenters. The molecule has 1 saturated heterocycles. The Balaban J connectivity index is 1.59. The highest BCUT2D eigenvalue weighted by atomic mass is 16.5. The number of fused-ring (bicyclic) bond motifs is 6. The van der Waals surface area contributed by atoms with Gasteiger partial charge in [-0.05, 0) is 100 Å². The quantitative estimate of drug-likeness (QED) is 0.157. The Morgan fingerprint density at radius 1 is 1.12 bits per heavy atom. The van der Waals surface area contributed by atoms with Crippen molar-refractivity contribution in [2.75, 3.05) is 7.11 Å². The van der Waals surface area contributed by atoms with Gasteiger partial charge in [0, 0.05) is 35.0 Å². The molecule has 1 aromatic carbocycles. The summed E-state index contributed by atoms with van der Waals surface area (Å²) in [6.07, 6.45) is 8.65. The molecule has 3 heterocycles. The van der Waals surface area contributed by atoms with Crippen LogP contribution in [0.5, 0.6) is 17.2 Å². The number of esters is 1. The van der Waals surface area contributed by atoms with Crippen LogP contribution in [0.2, 0.25) is 0 Å². The number of carbonyl (C=O) groups is 3. The summed E-state index contributed by atoms with van der Waals surface area (Å²) >= 11 is 0. The Hall–Kier alpha value is -3.73. The molecule has 5 rings (SSSR count). The fourth-order valence-electron chi connectivity index (χ4n) is 7.59. The fraction of sp³-hybridized carbons (Fsp3) is 0.575. The van der Waals surface area contributed by atoms with Crippen LogP contribution in [0.3, 0.4) is 0 Å². The largest absolute Gasteiger partial charge is 0.506 e. The van der Waals surface area contributed by atoms with Gasteiger partial charge in [0.1, 0.15) is 40.1 Å². The number of Topliss-reactive ketones (excluding diaryl/α,β-unsaturated/α-hetero) is 2. The number of aliphatic hydroxyl groups excluding tert-OH is 1. The fourth-order valence-corrected chi connectivity index (χ4v) is 7.59. The lowest BCUT2D eigenvalue weighted by atomic mass is 9.69. The van der Waals surface area contributed by atoms with E-state index in [2.05, 4.69) is 0 Å². The van der Waals surface area contributed by atoms with Gasteiger partial charge in [0.2, 0.25) is 0 Å². The normalized spacial score (nSPS) is 28.9. The van der Waals surface area contributed by atoms with Crippen molar-refractivity contribution in [1.82, 2.24) is 0 Å². The van der Waals surface area contributed by atoms with E-state index in [0.29, 0.717) is 47.3 Å². The minimum absolute atomic E-state index is 0.0296. The van der Waals surface area contributed by atoms with Crippen molar-refractivity contribution < 1.29 is 48.7 Å². The van der Waals surface area contributed by atoms with Gasteiger partial charge in [-0.2, -0.15) is 0 Å². The van der Waals surface area contributed by atoms with Crippen molar-refractivity contribution in [2.45, 2.75) is 129 Å². The summed E-state index contributed by atoms with van der Waals surface area (Å²) in [6, 6.07) is 0. The Labute approximate surface area is 294 Å². The SMILES string of the molecule is COC(=O)/C(C)=C\CC1(C)OC(C)(C)[C@@H]2CC(C=C3C(=O)c4c(O)c5c(c(CC=C(C)C)c4OC32)OC(C)(CCC(O)C(C)(C)O)C=C5)C1=O. The average Bonchev–Trinajstić information content (AvgIpc) is 3.09. The van der Waals surface area contributed by atoms with Crippen LogP contribution in [0, 0.1) is 11.8 Å². The molecule has 3 aliphatic heterocycles. The van der Waals surface area contributed by atoms with Crippen LogP contribution in [0.1, 0.15) is 109 Å². The molecule has 0 spiro atoms. The number of aromatic hydroxyl groups is 1. The molecule has 1 aromatic rings. The first-order valence-corrected chi connectivity index (χ1v) is 17.4. The van der Waals surface area contributed by atoms with Crippen molar-refractivity contribution in [3.05, 3.63) is 57.7 Å². The summed E-state index contributed by atoms with van der Waals surface area (Å²) in [5.41, 5.74) is -1.70. The highest BCUT2D eigenvalue weighted by Crippen LogP contribution is 2.55. The first-order chi connectivity index (χ1) is 23.1. The maximum atomic E-state index is 14.5. The lowest BCUT2D eigenvalue weighted by molar-refractivity contribution is -0.171. The topological polar surface area (TPSA) is 149 Å². The molecule has 272 valence electrons. The van der Waals surface area contributed by atoms with E-state index in [1.54, 1.807) is 52.0 Å². The van der Waals surface area contributed by atoms with Gasteiger partial charge >= 0.3 is 5.97 Å². The molecular weight excluding hydrogens is 640 g/mol. The summed E-state index contributed by atoms with van der Waals surface area (Å²) in [5.74, 6) is -1.79. The van der Waals surface area contributed by atoms with E-state index in [-0.39, 0.29) is 35.7 Å². The Bertz CT molecular complexity index is 1720. The summed E-state index contributed by atoms with van der Waals surface area (Å²) in [7, 11) is 1.30. The number of ketones is 2. The number of phenols is 1. The third-order valence-electron chi connectivity index (χ3n) is 10.7. The van der Waals surface area contributed by atoms with Crippen LogP contribution >= 0.6 is 0 Å². The molecule has 4 aliphatic rings. The Morgan fingerprint density at radius 3 is 2.42 bits per heavy atom. The number of rotatable bonds is 9. The van der Waals surface area contributed by atoms with Gasteiger partial charge in [-0.15, -0.1) is 0 Å². The van der Waals surface area contributed by atoms with E-state index in [9.17, 15) is 29.7 Å². The zero-order valence-corrected chi connectivity index (χ0v) is 30.9. The lowest BCUT2D eigenvalue weighted by Crippen LogP contribution is -2.50. The predicted molar refractivity (Wildman–Crippen MR) is 188 cm³/mol.